The average Bonchev–Trinajstić information content (AvgIpc) is 3.61. The van der Waals surface area contributed by atoms with E-state index < -0.39 is 85.8 Å². The van der Waals surface area contributed by atoms with Gasteiger partial charge in [-0.05, 0) is 93.7 Å². The van der Waals surface area contributed by atoms with Gasteiger partial charge in [-0.3, -0.25) is 28.8 Å². The monoisotopic (exact) mass is 928 g/mol. The molecule has 1 spiro atoms. The molecule has 0 aromatic heterocycles. The fourth-order valence-corrected chi connectivity index (χ4v) is 12.6. The summed E-state index contributed by atoms with van der Waals surface area (Å²) in [6.45, 7) is 7.72. The van der Waals surface area contributed by atoms with Gasteiger partial charge >= 0.3 is 5.97 Å². The summed E-state index contributed by atoms with van der Waals surface area (Å²) >= 11 is 3.31. The molecule has 19 heteroatoms. The largest absolute Gasteiger partial charge is 0.458 e. The number of hydrogen-bond acceptors (Lipinski definition) is 12. The van der Waals surface area contributed by atoms with Gasteiger partial charge in [-0.25, -0.2) is 13.2 Å². The molecule has 0 radical (unpaired) electrons. The number of likely N-dealkylation sites (tertiary alicyclic amines) is 1. The lowest BCUT2D eigenvalue weighted by molar-refractivity contribution is -0.158. The maximum atomic E-state index is 14.9. The fourth-order valence-electron chi connectivity index (χ4n) is 8.01. The number of benzene rings is 2. The molecule has 5 rings (SSSR count). The number of rotatable bonds is 17. The van der Waals surface area contributed by atoms with Crippen LogP contribution < -0.4 is 26.0 Å². The van der Waals surface area contributed by atoms with E-state index in [-0.39, 0.29) is 36.1 Å². The quantitative estimate of drug-likeness (QED) is 0.111. The molecule has 63 heavy (non-hydrogen) atoms. The molecule has 1 saturated carbocycles. The van der Waals surface area contributed by atoms with Crippen LogP contribution in [-0.4, -0.2) is 107 Å². The normalized spacial score (nSPS) is 19.3. The molecule has 4 atom stereocenters. The van der Waals surface area contributed by atoms with E-state index in [1.165, 1.54) is 36.1 Å². The first-order valence-corrected chi connectivity index (χ1v) is 24.9. The molecule has 2 saturated heterocycles. The van der Waals surface area contributed by atoms with Crippen LogP contribution in [-0.2, 0) is 48.3 Å². The highest BCUT2D eigenvalue weighted by Crippen LogP contribution is 2.51. The molecule has 2 aromatic rings. The molecule has 344 valence electrons. The zero-order chi connectivity index (χ0) is 46.0. The molecule has 16 nitrogen and oxygen atoms in total. The Morgan fingerprint density at radius 2 is 1.54 bits per heavy atom. The van der Waals surface area contributed by atoms with E-state index in [0.717, 1.165) is 37.2 Å². The lowest BCUT2D eigenvalue weighted by atomic mass is 9.83. The van der Waals surface area contributed by atoms with E-state index in [9.17, 15) is 42.0 Å². The minimum absolute atomic E-state index is 0.0828. The first-order chi connectivity index (χ1) is 29.8. The summed E-state index contributed by atoms with van der Waals surface area (Å²) < 4.78 is 35.5. The predicted octanol–water partition coefficient (Wildman–Crippen LogP) is 4.21. The smallest absolute Gasteiger partial charge is 0.333 e. The van der Waals surface area contributed by atoms with E-state index in [1.807, 2.05) is 0 Å². The number of nitrogens with zero attached hydrogens (tertiary/aromatic N) is 1. The Morgan fingerprint density at radius 3 is 2.14 bits per heavy atom. The van der Waals surface area contributed by atoms with Crippen LogP contribution in [0.3, 0.4) is 0 Å². The van der Waals surface area contributed by atoms with Crippen LogP contribution in [0.15, 0.2) is 59.5 Å². The Hall–Kier alpha value is -4.46. The number of anilines is 1. The predicted molar refractivity (Wildman–Crippen MR) is 242 cm³/mol. The highest BCUT2D eigenvalue weighted by atomic mass is 32.2. The number of ketones is 1. The summed E-state index contributed by atoms with van der Waals surface area (Å²) in [5.41, 5.74) is 0.0247. The summed E-state index contributed by atoms with van der Waals surface area (Å²) in [5.74, 6) is -3.80. The second-order valence-corrected chi connectivity index (χ2v) is 22.1. The lowest BCUT2D eigenvalue weighted by Crippen LogP contribution is -2.58. The molecule has 3 aliphatic rings. The summed E-state index contributed by atoms with van der Waals surface area (Å²) in [6.07, 6.45) is 5.45. The van der Waals surface area contributed by atoms with Crippen LogP contribution in [0.4, 0.5) is 5.69 Å². The van der Waals surface area contributed by atoms with Gasteiger partial charge in [-0.15, -0.1) is 23.5 Å². The molecule has 5 amide bonds. The van der Waals surface area contributed by atoms with Gasteiger partial charge in [-0.2, -0.15) is 4.72 Å². The van der Waals surface area contributed by atoms with Crippen molar-refractivity contribution < 1.29 is 46.7 Å². The molecule has 2 aliphatic heterocycles. The number of ether oxygens (including phenoxy) is 1. The number of nitrogens with one attached hydrogen (secondary N) is 5. The highest BCUT2D eigenvalue weighted by Gasteiger charge is 2.53. The number of hydrogen-bond donors (Lipinski definition) is 5. The van der Waals surface area contributed by atoms with Crippen LogP contribution in [0.25, 0.3) is 0 Å². The van der Waals surface area contributed by atoms with Crippen molar-refractivity contribution in [3.8, 4) is 0 Å². The Bertz CT molecular complexity index is 2090. The van der Waals surface area contributed by atoms with Gasteiger partial charge in [0.1, 0.15) is 17.7 Å². The van der Waals surface area contributed by atoms with Crippen molar-refractivity contribution in [1.29, 1.82) is 0 Å². The summed E-state index contributed by atoms with van der Waals surface area (Å²) in [6, 6.07) is 9.33. The van der Waals surface area contributed by atoms with E-state index in [2.05, 4.69) is 26.0 Å². The van der Waals surface area contributed by atoms with Crippen molar-refractivity contribution in [2.75, 3.05) is 29.9 Å². The van der Waals surface area contributed by atoms with Gasteiger partial charge < -0.3 is 30.9 Å². The van der Waals surface area contributed by atoms with Crippen molar-refractivity contribution in [3.05, 3.63) is 60.2 Å². The van der Waals surface area contributed by atoms with Crippen LogP contribution in [0.1, 0.15) is 104 Å². The van der Waals surface area contributed by atoms with Crippen molar-refractivity contribution in [1.82, 2.24) is 25.6 Å². The van der Waals surface area contributed by atoms with E-state index in [4.69, 9.17) is 4.74 Å². The van der Waals surface area contributed by atoms with Crippen molar-refractivity contribution in [3.63, 3.8) is 0 Å². The fraction of sp³-hybridized carbons (Fsp3) is 0.568. The zero-order valence-electron chi connectivity index (χ0n) is 36.5. The first kappa shape index (κ1) is 49.6. The number of carbonyl (C=O) groups excluding carboxylic acids is 7. The van der Waals surface area contributed by atoms with Crippen molar-refractivity contribution >= 4 is 80.5 Å². The van der Waals surface area contributed by atoms with Gasteiger partial charge in [-0.1, -0.05) is 62.9 Å². The average molecular weight is 929 g/mol. The van der Waals surface area contributed by atoms with Gasteiger partial charge in [0.25, 0.3) is 5.91 Å². The molecule has 3 fully saturated rings. The molecular formula is C44H60N6O10S3. The van der Waals surface area contributed by atoms with Gasteiger partial charge in [0.2, 0.25) is 39.4 Å². The van der Waals surface area contributed by atoms with Crippen LogP contribution >= 0.6 is 23.5 Å². The van der Waals surface area contributed by atoms with Gasteiger partial charge in [0.15, 0.2) is 6.04 Å². The summed E-state index contributed by atoms with van der Waals surface area (Å²) in [7, 11) is -4.25. The van der Waals surface area contributed by atoms with Crippen LogP contribution in [0, 0.1) is 5.92 Å². The van der Waals surface area contributed by atoms with Crippen LogP contribution in [0.2, 0.25) is 0 Å². The second kappa shape index (κ2) is 22.0. The molecular weight excluding hydrogens is 869 g/mol. The van der Waals surface area contributed by atoms with E-state index in [0.29, 0.717) is 30.5 Å². The maximum Gasteiger partial charge on any atom is 0.333 e. The number of esters is 1. The Kier molecular flexibility index (Phi) is 17.3. The number of carbonyl (C=O) groups is 7. The van der Waals surface area contributed by atoms with Gasteiger partial charge in [0.05, 0.1) is 21.6 Å². The number of sulfonamides is 1. The number of Topliss-reactive ketones (excluding diaryl/α,β-unsaturated/α-hetero) is 1. The third-order valence-electron chi connectivity index (χ3n) is 11.0. The number of amides is 5. The standard InChI is InChI=1S/C44H60N6O10S3/c1-6-14-33(38(53)40(55)45-26-35(52)48-37(30-17-11-8-12-18-30)42(57)60-43(3,4)5)47-39(54)34-25-44(61-23-13-24-62-44)27-50(34)41(56)36(29-15-9-7-10-16-29)49-63(58,59)32-21-19-31(20-22-32)46-28(2)51/h8,11-12,17-22,29,33-34,36-37,49H,6-7,9-10,13-16,23-27H2,1-5H3,(H,45,55)(H,46,51)(H,47,54)(H,48,52)/t33?,34-,36-,37?/m0/s1. The van der Waals surface area contributed by atoms with E-state index >= 15 is 0 Å². The van der Waals surface area contributed by atoms with Gasteiger partial charge in [0, 0.05) is 25.6 Å². The summed E-state index contributed by atoms with van der Waals surface area (Å²) in [5, 5.41) is 10.2. The summed E-state index contributed by atoms with van der Waals surface area (Å²) in [4.78, 5) is 95.4. The van der Waals surface area contributed by atoms with Crippen molar-refractivity contribution in [2.45, 2.75) is 131 Å². The van der Waals surface area contributed by atoms with Crippen LogP contribution in [0.5, 0.6) is 0 Å². The highest BCUT2D eigenvalue weighted by molar-refractivity contribution is 8.18. The molecule has 2 aromatic carbocycles. The minimum Gasteiger partial charge on any atom is -0.458 e. The lowest BCUT2D eigenvalue weighted by Gasteiger charge is -2.35. The second-order valence-electron chi connectivity index (χ2n) is 17.2. The third kappa shape index (κ3) is 13.8. The SMILES string of the molecule is CCCC(NC(=O)[C@@H]1CC2(CN1C(=O)[C@@H](NS(=O)(=O)c1ccc(NC(C)=O)cc1)C1CCCCC1)SCCCS2)C(=O)C(=O)NCC(=O)NC(C(=O)OC(C)(C)C)c1ccccc1. The molecule has 5 N–H and O–H groups in total. The molecule has 1 aliphatic carbocycles. The Morgan fingerprint density at radius 1 is 0.889 bits per heavy atom. The third-order valence-corrected chi connectivity index (χ3v) is 15.8. The number of thioether (sulfide) groups is 2. The zero-order valence-corrected chi connectivity index (χ0v) is 39.0. The Balaban J connectivity index is 1.32. The topological polar surface area (TPSA) is 226 Å². The molecule has 0 bridgehead atoms. The molecule has 2 unspecified atom stereocenters. The van der Waals surface area contributed by atoms with E-state index in [1.54, 1.807) is 81.6 Å². The van der Waals surface area contributed by atoms with Crippen molar-refractivity contribution in [2.24, 2.45) is 5.92 Å². The molecule has 2 heterocycles. The first-order valence-electron chi connectivity index (χ1n) is 21.5. The maximum absolute atomic E-state index is 14.9. The Labute approximate surface area is 378 Å². The minimum atomic E-state index is -4.25.